The summed E-state index contributed by atoms with van der Waals surface area (Å²) in [6.07, 6.45) is 4.58. The van der Waals surface area contributed by atoms with Gasteiger partial charge in [-0.25, -0.2) is 4.98 Å². The Morgan fingerprint density at radius 2 is 1.97 bits per heavy atom. The molecule has 1 aliphatic rings. The molecule has 35 heavy (non-hydrogen) atoms. The van der Waals surface area contributed by atoms with E-state index in [2.05, 4.69) is 38.7 Å². The Labute approximate surface area is 210 Å². The number of carbonyl (C=O) groups excluding carboxylic acids is 1. The number of fused-ring (bicyclic) bond motifs is 1. The van der Waals surface area contributed by atoms with Crippen LogP contribution >= 0.6 is 11.6 Å². The summed E-state index contributed by atoms with van der Waals surface area (Å²) < 4.78 is 7.47. The maximum atomic E-state index is 12.5. The number of aromatic nitrogens is 4. The minimum Gasteiger partial charge on any atom is -0.495 e. The summed E-state index contributed by atoms with van der Waals surface area (Å²) in [5.74, 6) is 7.29. The molecule has 9 nitrogen and oxygen atoms in total. The van der Waals surface area contributed by atoms with Crippen molar-refractivity contribution in [3.05, 3.63) is 39.9 Å². The number of anilines is 1. The van der Waals surface area contributed by atoms with Crippen LogP contribution in [0.25, 0.3) is 11.0 Å². The first-order chi connectivity index (χ1) is 16.8. The highest BCUT2D eigenvalue weighted by Gasteiger charge is 2.19. The van der Waals surface area contributed by atoms with Gasteiger partial charge in [0.15, 0.2) is 0 Å². The number of halogens is 1. The zero-order valence-corrected chi connectivity index (χ0v) is 21.3. The molecule has 1 amide bonds. The largest absolute Gasteiger partial charge is 0.495 e. The third-order valence-electron chi connectivity index (χ3n) is 6.34. The van der Waals surface area contributed by atoms with E-state index in [1.165, 1.54) is 0 Å². The number of carbonyl (C=O) groups is 1. The molecule has 0 radical (unpaired) electrons. The number of ether oxygens (including phenoxy) is 1. The zero-order chi connectivity index (χ0) is 25.1. The van der Waals surface area contributed by atoms with Gasteiger partial charge in [0.25, 0.3) is 0 Å². The monoisotopic (exact) mass is 495 g/mol. The average Bonchev–Trinajstić information content (AvgIpc) is 3.16. The lowest BCUT2D eigenvalue weighted by Crippen LogP contribution is -2.47. The van der Waals surface area contributed by atoms with E-state index in [4.69, 9.17) is 22.1 Å². The molecule has 3 aromatic heterocycles. The zero-order valence-electron chi connectivity index (χ0n) is 20.6. The van der Waals surface area contributed by atoms with Gasteiger partial charge >= 0.3 is 0 Å². The predicted octanol–water partition coefficient (Wildman–Crippen LogP) is 2.64. The lowest BCUT2D eigenvalue weighted by atomic mass is 10.1. The minimum absolute atomic E-state index is 0.0930. The average molecular weight is 496 g/mol. The van der Waals surface area contributed by atoms with Crippen LogP contribution in [-0.4, -0.2) is 75.6 Å². The van der Waals surface area contributed by atoms with E-state index in [1.54, 1.807) is 7.11 Å². The molecular formula is C25H30ClN7O2. The van der Waals surface area contributed by atoms with Crippen LogP contribution in [0, 0.1) is 25.7 Å². The van der Waals surface area contributed by atoms with Crippen molar-refractivity contribution < 1.29 is 9.53 Å². The Morgan fingerprint density at radius 3 is 2.69 bits per heavy atom. The summed E-state index contributed by atoms with van der Waals surface area (Å²) in [4.78, 5) is 29.6. The van der Waals surface area contributed by atoms with Crippen molar-refractivity contribution >= 4 is 34.5 Å². The first-order valence-corrected chi connectivity index (χ1v) is 11.9. The van der Waals surface area contributed by atoms with E-state index in [1.807, 2.05) is 35.7 Å². The van der Waals surface area contributed by atoms with Crippen LogP contribution in [0.1, 0.15) is 35.2 Å². The number of pyridine rings is 1. The molecule has 0 saturated carbocycles. The van der Waals surface area contributed by atoms with Crippen LogP contribution in [0.15, 0.2) is 12.4 Å². The fourth-order valence-corrected chi connectivity index (χ4v) is 4.58. The van der Waals surface area contributed by atoms with Gasteiger partial charge in [-0.3, -0.25) is 9.78 Å². The fraction of sp³-hybridized carbons (Fsp3) is 0.440. The van der Waals surface area contributed by atoms with Crippen molar-refractivity contribution in [1.82, 2.24) is 29.3 Å². The van der Waals surface area contributed by atoms with Gasteiger partial charge in [0.1, 0.15) is 16.5 Å². The molecule has 0 atom stereocenters. The quantitative estimate of drug-likeness (QED) is 0.428. The summed E-state index contributed by atoms with van der Waals surface area (Å²) in [6.45, 7) is 7.74. The number of hydrogen-bond donors (Lipinski definition) is 1. The second-order valence-electron chi connectivity index (χ2n) is 8.75. The maximum Gasteiger partial charge on any atom is 0.223 e. The molecule has 0 aromatic carbocycles. The van der Waals surface area contributed by atoms with Gasteiger partial charge in [-0.15, -0.1) is 0 Å². The Hall–Kier alpha value is -3.35. The van der Waals surface area contributed by atoms with Gasteiger partial charge in [-0.1, -0.05) is 23.4 Å². The Morgan fingerprint density at radius 1 is 1.23 bits per heavy atom. The number of methoxy groups -OCH3 is 1. The summed E-state index contributed by atoms with van der Waals surface area (Å²) in [5, 5.41) is 0.892. The molecule has 1 aliphatic heterocycles. The third-order valence-corrected chi connectivity index (χ3v) is 6.62. The van der Waals surface area contributed by atoms with Crippen LogP contribution in [0.2, 0.25) is 5.15 Å². The molecule has 1 saturated heterocycles. The Bertz CT molecular complexity index is 1320. The number of amides is 1. The van der Waals surface area contributed by atoms with Crippen molar-refractivity contribution in [3.63, 3.8) is 0 Å². The van der Waals surface area contributed by atoms with E-state index in [0.29, 0.717) is 36.0 Å². The second kappa shape index (κ2) is 10.5. The highest BCUT2D eigenvalue weighted by atomic mass is 35.5. The van der Waals surface area contributed by atoms with E-state index >= 15 is 0 Å². The number of aryl methyl sites for hydroxylation is 1. The van der Waals surface area contributed by atoms with Crippen molar-refractivity contribution in [3.8, 4) is 17.6 Å². The second-order valence-corrected chi connectivity index (χ2v) is 9.11. The molecule has 10 heteroatoms. The molecule has 0 bridgehead atoms. The summed E-state index contributed by atoms with van der Waals surface area (Å²) >= 11 is 6.45. The molecule has 4 heterocycles. The van der Waals surface area contributed by atoms with Gasteiger partial charge < -0.3 is 24.8 Å². The predicted molar refractivity (Wildman–Crippen MR) is 137 cm³/mol. The van der Waals surface area contributed by atoms with Gasteiger partial charge in [0, 0.05) is 51.4 Å². The summed E-state index contributed by atoms with van der Waals surface area (Å²) in [6, 6.07) is 0. The Balaban J connectivity index is 1.58. The van der Waals surface area contributed by atoms with Gasteiger partial charge in [0.05, 0.1) is 30.3 Å². The molecule has 0 spiro atoms. The van der Waals surface area contributed by atoms with Crippen molar-refractivity contribution in [2.24, 2.45) is 0 Å². The standard InChI is InChI=1S/C25H30ClN7O2/c1-16-19(13-28-17(2)22(16)35-4)15-33-14-18(21-23(26)29-25(27)30-24(21)33)7-5-6-8-20(34)32-11-9-31(3)10-12-32/h13-14H,6,8-12,15H2,1-4H3,(H2,27,29,30). The molecule has 0 unspecified atom stereocenters. The topological polar surface area (TPSA) is 102 Å². The van der Waals surface area contributed by atoms with Gasteiger partial charge in [-0.2, -0.15) is 4.98 Å². The minimum atomic E-state index is 0.0930. The van der Waals surface area contributed by atoms with E-state index in [0.717, 1.165) is 48.7 Å². The Kier molecular flexibility index (Phi) is 7.43. The first-order valence-electron chi connectivity index (χ1n) is 11.5. The molecule has 1 fully saturated rings. The lowest BCUT2D eigenvalue weighted by Gasteiger charge is -2.32. The highest BCUT2D eigenvalue weighted by molar-refractivity contribution is 6.34. The first kappa shape index (κ1) is 24.8. The van der Waals surface area contributed by atoms with Crippen molar-refractivity contribution in [2.75, 3.05) is 46.1 Å². The van der Waals surface area contributed by atoms with E-state index in [-0.39, 0.29) is 17.0 Å². The normalized spacial score (nSPS) is 14.1. The van der Waals surface area contributed by atoms with Crippen LogP contribution in [-0.2, 0) is 11.3 Å². The highest BCUT2D eigenvalue weighted by Crippen LogP contribution is 2.29. The molecule has 184 valence electrons. The van der Waals surface area contributed by atoms with Crippen LogP contribution in [0.4, 0.5) is 5.95 Å². The van der Waals surface area contributed by atoms with E-state index in [9.17, 15) is 4.79 Å². The summed E-state index contributed by atoms with van der Waals surface area (Å²) in [7, 11) is 3.71. The van der Waals surface area contributed by atoms with Gasteiger partial charge in [-0.05, 0) is 32.0 Å². The number of nitrogens with two attached hydrogens (primary N) is 1. The van der Waals surface area contributed by atoms with Crippen LogP contribution < -0.4 is 10.5 Å². The fourth-order valence-electron chi connectivity index (χ4n) is 4.31. The SMILES string of the molecule is COc1c(C)ncc(Cn2cc(C#CCCC(=O)N3CCN(C)CC3)c3c(Cl)nc(N)nc32)c1C. The number of hydrogen-bond acceptors (Lipinski definition) is 7. The number of likely N-dealkylation sites (N-methyl/N-ethyl adjacent to an activating group) is 1. The van der Waals surface area contributed by atoms with E-state index < -0.39 is 0 Å². The smallest absolute Gasteiger partial charge is 0.223 e. The van der Waals surface area contributed by atoms with Crippen LogP contribution in [0.5, 0.6) is 5.75 Å². The lowest BCUT2D eigenvalue weighted by molar-refractivity contribution is -0.132. The van der Waals surface area contributed by atoms with Crippen molar-refractivity contribution in [2.45, 2.75) is 33.2 Å². The van der Waals surface area contributed by atoms with Gasteiger partial charge in [0.2, 0.25) is 11.9 Å². The molecule has 4 rings (SSSR count). The maximum absolute atomic E-state index is 12.5. The van der Waals surface area contributed by atoms with Crippen LogP contribution in [0.3, 0.4) is 0 Å². The molecule has 0 aliphatic carbocycles. The number of nitrogen functional groups attached to an aromatic ring is 1. The number of rotatable bonds is 5. The summed E-state index contributed by atoms with van der Waals surface area (Å²) in [5.41, 5.74) is 10.0. The molecule has 3 aromatic rings. The number of nitrogens with zero attached hydrogens (tertiary/aromatic N) is 6. The third kappa shape index (κ3) is 5.34. The van der Waals surface area contributed by atoms with Crippen molar-refractivity contribution in [1.29, 1.82) is 0 Å². The molecular weight excluding hydrogens is 466 g/mol. The molecule has 2 N–H and O–H groups in total. The number of piperazine rings is 1.